The van der Waals surface area contributed by atoms with Crippen LogP contribution in [0.1, 0.15) is 62.3 Å². The maximum atomic E-state index is 12.1. The minimum absolute atomic E-state index is 0.0461. The average molecular weight is 410 g/mol. The molecule has 1 N–H and O–H groups in total. The Bertz CT molecular complexity index is 980. The first-order chi connectivity index (χ1) is 14.2. The quantitative estimate of drug-likeness (QED) is 0.611. The first kappa shape index (κ1) is 21.7. The molecule has 0 spiro atoms. The van der Waals surface area contributed by atoms with E-state index in [-0.39, 0.29) is 11.3 Å². The number of hydrogen-bond acceptors (Lipinski definition) is 5. The van der Waals surface area contributed by atoms with Crippen LogP contribution >= 0.6 is 0 Å². The normalized spacial score (nSPS) is 11.6. The summed E-state index contributed by atoms with van der Waals surface area (Å²) in [4.78, 5) is 16.5. The molecule has 0 aliphatic carbocycles. The van der Waals surface area contributed by atoms with Crippen molar-refractivity contribution in [1.29, 1.82) is 0 Å². The second-order valence-corrected chi connectivity index (χ2v) is 8.72. The van der Waals surface area contributed by atoms with Gasteiger partial charge in [-0.25, -0.2) is 4.68 Å². The van der Waals surface area contributed by atoms with Gasteiger partial charge in [0.05, 0.1) is 11.4 Å². The van der Waals surface area contributed by atoms with Gasteiger partial charge in [-0.3, -0.25) is 4.79 Å². The number of hydrogen-bond donors (Lipinski definition) is 1. The van der Waals surface area contributed by atoms with Crippen LogP contribution in [0, 0.1) is 13.8 Å². The van der Waals surface area contributed by atoms with E-state index in [0.717, 1.165) is 23.5 Å². The van der Waals surface area contributed by atoms with Gasteiger partial charge in [-0.1, -0.05) is 38.1 Å². The van der Waals surface area contributed by atoms with E-state index in [2.05, 4.69) is 50.9 Å². The third-order valence-corrected chi connectivity index (χ3v) is 4.86. The fourth-order valence-corrected chi connectivity index (χ4v) is 3.19. The zero-order valence-corrected chi connectivity index (χ0v) is 18.5. The molecule has 0 fully saturated rings. The van der Waals surface area contributed by atoms with Crippen molar-refractivity contribution in [3.05, 3.63) is 59.0 Å². The van der Waals surface area contributed by atoms with E-state index in [0.29, 0.717) is 37.5 Å². The number of carbonyl (C=O) groups excluding carboxylic acids is 1. The van der Waals surface area contributed by atoms with Gasteiger partial charge in [0.25, 0.3) is 0 Å². The molecule has 1 aromatic carbocycles. The van der Waals surface area contributed by atoms with Crippen LogP contribution < -0.4 is 5.32 Å². The van der Waals surface area contributed by atoms with E-state index in [1.54, 1.807) is 0 Å². The monoisotopic (exact) mass is 409 g/mol. The molecule has 0 aliphatic heterocycles. The van der Waals surface area contributed by atoms with Crippen molar-refractivity contribution in [3.8, 4) is 5.69 Å². The lowest BCUT2D eigenvalue weighted by molar-refractivity contribution is -0.121. The Morgan fingerprint density at radius 2 is 1.87 bits per heavy atom. The highest BCUT2D eigenvalue weighted by molar-refractivity contribution is 5.75. The zero-order chi connectivity index (χ0) is 21.7. The van der Waals surface area contributed by atoms with E-state index >= 15 is 0 Å². The highest BCUT2D eigenvalue weighted by atomic mass is 16.5. The summed E-state index contributed by atoms with van der Waals surface area (Å²) in [5, 5.41) is 11.5. The summed E-state index contributed by atoms with van der Waals surface area (Å²) in [5.41, 5.74) is 4.22. The van der Waals surface area contributed by atoms with Crippen LogP contribution in [0.2, 0.25) is 0 Å². The minimum Gasteiger partial charge on any atom is -0.356 e. The number of carbonyl (C=O) groups is 1. The number of aromatic nitrogens is 4. The molecule has 0 radical (unpaired) electrons. The molecule has 0 saturated carbocycles. The summed E-state index contributed by atoms with van der Waals surface area (Å²) in [6.45, 7) is 10.8. The predicted molar refractivity (Wildman–Crippen MR) is 116 cm³/mol. The Kier molecular flexibility index (Phi) is 6.70. The predicted octanol–water partition coefficient (Wildman–Crippen LogP) is 3.85. The fraction of sp³-hybridized carbons (Fsp3) is 0.478. The summed E-state index contributed by atoms with van der Waals surface area (Å²) < 4.78 is 7.20. The summed E-state index contributed by atoms with van der Waals surface area (Å²) in [6.07, 6.45) is 2.55. The Morgan fingerprint density at radius 3 is 2.47 bits per heavy atom. The molecule has 160 valence electrons. The molecular weight excluding hydrogens is 378 g/mol. The first-order valence-electron chi connectivity index (χ1n) is 10.4. The third-order valence-electron chi connectivity index (χ3n) is 4.86. The van der Waals surface area contributed by atoms with Gasteiger partial charge in [0.2, 0.25) is 11.8 Å². The fourth-order valence-electron chi connectivity index (χ4n) is 3.19. The van der Waals surface area contributed by atoms with Crippen molar-refractivity contribution in [2.24, 2.45) is 0 Å². The van der Waals surface area contributed by atoms with Crippen LogP contribution in [-0.4, -0.2) is 32.4 Å². The lowest BCUT2D eigenvalue weighted by atomic mass is 9.96. The number of nitrogens with one attached hydrogen (secondary N) is 1. The van der Waals surface area contributed by atoms with Gasteiger partial charge in [0.1, 0.15) is 0 Å². The van der Waals surface area contributed by atoms with Gasteiger partial charge in [0, 0.05) is 30.5 Å². The molecule has 30 heavy (non-hydrogen) atoms. The van der Waals surface area contributed by atoms with Crippen molar-refractivity contribution < 1.29 is 9.32 Å². The van der Waals surface area contributed by atoms with Gasteiger partial charge in [-0.2, -0.15) is 10.1 Å². The maximum absolute atomic E-state index is 12.1. The SMILES string of the molecule is Cc1cc(C)n(-c2ccc(CCNC(=O)CCCc3nc(C(C)(C)C)no3)cc2)n1. The van der Waals surface area contributed by atoms with Crippen LogP contribution in [0.25, 0.3) is 5.69 Å². The molecule has 7 heteroatoms. The van der Waals surface area contributed by atoms with Gasteiger partial charge >= 0.3 is 0 Å². The average Bonchev–Trinajstić information content (AvgIpc) is 3.28. The van der Waals surface area contributed by atoms with E-state index in [1.165, 1.54) is 5.56 Å². The van der Waals surface area contributed by atoms with Gasteiger partial charge in [0.15, 0.2) is 5.82 Å². The molecule has 0 aliphatic rings. The Morgan fingerprint density at radius 1 is 1.13 bits per heavy atom. The highest BCUT2D eigenvalue weighted by Crippen LogP contribution is 2.19. The van der Waals surface area contributed by atoms with Crippen LogP contribution in [0.5, 0.6) is 0 Å². The third kappa shape index (κ3) is 5.78. The number of benzene rings is 1. The molecule has 0 unspecified atom stereocenters. The number of rotatable bonds is 8. The number of amides is 1. The lowest BCUT2D eigenvalue weighted by Gasteiger charge is -2.10. The Balaban J connectivity index is 1.38. The van der Waals surface area contributed by atoms with Crippen LogP contribution in [-0.2, 0) is 23.1 Å². The molecular formula is C23H31N5O2. The molecule has 2 heterocycles. The molecule has 3 aromatic rings. The van der Waals surface area contributed by atoms with E-state index in [4.69, 9.17) is 4.52 Å². The van der Waals surface area contributed by atoms with Crippen molar-refractivity contribution in [1.82, 2.24) is 25.2 Å². The standard InChI is InChI=1S/C23H31N5O2/c1-16-15-17(2)28(26-16)19-11-9-18(10-12-19)13-14-24-20(29)7-6-8-21-25-22(27-30-21)23(3,4)5/h9-12,15H,6-8,13-14H2,1-5H3,(H,24,29). The van der Waals surface area contributed by atoms with Crippen molar-refractivity contribution in [2.75, 3.05) is 6.54 Å². The molecule has 0 saturated heterocycles. The summed E-state index contributed by atoms with van der Waals surface area (Å²) in [6, 6.07) is 10.4. The molecule has 7 nitrogen and oxygen atoms in total. The topological polar surface area (TPSA) is 85.8 Å². The van der Waals surface area contributed by atoms with Crippen LogP contribution in [0.15, 0.2) is 34.9 Å². The van der Waals surface area contributed by atoms with Gasteiger partial charge < -0.3 is 9.84 Å². The van der Waals surface area contributed by atoms with Crippen molar-refractivity contribution in [2.45, 2.75) is 65.7 Å². The zero-order valence-electron chi connectivity index (χ0n) is 18.5. The number of aryl methyl sites for hydroxylation is 3. The summed E-state index contributed by atoms with van der Waals surface area (Å²) in [7, 11) is 0. The van der Waals surface area contributed by atoms with Crippen LogP contribution in [0.3, 0.4) is 0 Å². The van der Waals surface area contributed by atoms with E-state index in [9.17, 15) is 4.79 Å². The minimum atomic E-state index is -0.131. The Labute approximate surface area is 177 Å². The highest BCUT2D eigenvalue weighted by Gasteiger charge is 2.20. The molecule has 2 aromatic heterocycles. The molecule has 0 bridgehead atoms. The Hall–Kier alpha value is -2.96. The van der Waals surface area contributed by atoms with Gasteiger partial charge in [-0.05, 0) is 50.5 Å². The smallest absolute Gasteiger partial charge is 0.226 e. The lowest BCUT2D eigenvalue weighted by Crippen LogP contribution is -2.25. The van der Waals surface area contributed by atoms with Gasteiger partial charge in [-0.15, -0.1) is 0 Å². The largest absolute Gasteiger partial charge is 0.356 e. The van der Waals surface area contributed by atoms with Crippen molar-refractivity contribution in [3.63, 3.8) is 0 Å². The second-order valence-electron chi connectivity index (χ2n) is 8.72. The molecule has 1 amide bonds. The second kappa shape index (κ2) is 9.24. The molecule has 0 atom stereocenters. The summed E-state index contributed by atoms with van der Waals surface area (Å²) >= 11 is 0. The van der Waals surface area contributed by atoms with Crippen LogP contribution in [0.4, 0.5) is 0 Å². The number of nitrogens with zero attached hydrogens (tertiary/aromatic N) is 4. The first-order valence-corrected chi connectivity index (χ1v) is 10.4. The summed E-state index contributed by atoms with van der Waals surface area (Å²) in [5.74, 6) is 1.34. The maximum Gasteiger partial charge on any atom is 0.226 e. The van der Waals surface area contributed by atoms with E-state index in [1.807, 2.05) is 39.3 Å². The van der Waals surface area contributed by atoms with Crippen molar-refractivity contribution >= 4 is 5.91 Å². The molecule has 3 rings (SSSR count). The van der Waals surface area contributed by atoms with E-state index < -0.39 is 0 Å².